The largest absolute Gasteiger partial charge is 0.369 e. The van der Waals surface area contributed by atoms with E-state index in [1.165, 1.54) is 38.5 Å². The molecule has 6 saturated heterocycles. The van der Waals surface area contributed by atoms with Crippen molar-refractivity contribution in [3.8, 4) is 0 Å². The highest BCUT2D eigenvalue weighted by atomic mass is 16.8. The monoisotopic (exact) mass is 680 g/mol. The summed E-state index contributed by atoms with van der Waals surface area (Å²) in [5.74, 6) is -0.689. The third-order valence-electron chi connectivity index (χ3n) is 13.9. The SMILES string of the molecule is [C-]#[N+]CC[C@H]1CC[C@@H]2O[C@@H]3C[C@]2(C[C@H]2OC4(CCCCC4)OC32)O1.[C-]#[N+][C@H](C)C[C@H]1CC[C@@H]2O[C@@H]3C[C@]2(C[C@H]2OC4(CCCCC4)OC32)O1. The van der Waals surface area contributed by atoms with E-state index in [0.717, 1.165) is 89.9 Å². The minimum atomic E-state index is -0.347. The molecular formula is C39H56N2O8. The molecule has 10 heteroatoms. The normalized spacial score (nSPS) is 48.6. The molecule has 0 N–H and O–H groups in total. The van der Waals surface area contributed by atoms with Gasteiger partial charge >= 0.3 is 0 Å². The van der Waals surface area contributed by atoms with Crippen LogP contribution in [0.4, 0.5) is 0 Å². The Bertz CT molecular complexity index is 1300. The maximum absolute atomic E-state index is 7.23. The first-order valence-corrected chi connectivity index (χ1v) is 19.9. The predicted octanol–water partition coefficient (Wildman–Crippen LogP) is 6.83. The molecule has 0 radical (unpaired) electrons. The lowest BCUT2D eigenvalue weighted by Gasteiger charge is -2.44. The van der Waals surface area contributed by atoms with E-state index in [2.05, 4.69) is 9.69 Å². The Kier molecular flexibility index (Phi) is 8.85. The first-order valence-electron chi connectivity index (χ1n) is 19.9. The summed E-state index contributed by atoms with van der Waals surface area (Å²) in [5, 5.41) is 0. The van der Waals surface area contributed by atoms with Crippen molar-refractivity contribution in [3.63, 3.8) is 0 Å². The summed E-state index contributed by atoms with van der Waals surface area (Å²) in [7, 11) is 0. The fourth-order valence-corrected chi connectivity index (χ4v) is 11.7. The van der Waals surface area contributed by atoms with Gasteiger partial charge in [0.25, 0.3) is 0 Å². The van der Waals surface area contributed by atoms with Crippen LogP contribution in [0.25, 0.3) is 9.69 Å². The molecule has 0 aromatic heterocycles. The fourth-order valence-electron chi connectivity index (χ4n) is 11.7. The van der Waals surface area contributed by atoms with E-state index in [4.69, 9.17) is 51.0 Å². The van der Waals surface area contributed by atoms with Gasteiger partial charge in [-0.05, 0) is 51.4 Å². The summed E-state index contributed by atoms with van der Waals surface area (Å²) < 4.78 is 52.0. The highest BCUT2D eigenvalue weighted by Crippen LogP contribution is 2.57. The first kappa shape index (κ1) is 33.5. The molecule has 13 atom stereocenters. The van der Waals surface area contributed by atoms with Crippen molar-refractivity contribution < 1.29 is 37.9 Å². The van der Waals surface area contributed by atoms with Gasteiger partial charge in [0.05, 0.1) is 60.0 Å². The van der Waals surface area contributed by atoms with Crippen LogP contribution in [0.15, 0.2) is 0 Å². The first-order chi connectivity index (χ1) is 23.8. The quantitative estimate of drug-likeness (QED) is 0.299. The highest BCUT2D eigenvalue weighted by Gasteiger charge is 2.67. The third kappa shape index (κ3) is 5.99. The minimum Gasteiger partial charge on any atom is -0.369 e. The molecule has 0 aromatic rings. The van der Waals surface area contributed by atoms with E-state index in [1.807, 2.05) is 6.92 Å². The second-order valence-electron chi connectivity index (χ2n) is 17.2. The molecule has 10 nitrogen and oxygen atoms in total. The molecule has 6 heterocycles. The summed E-state index contributed by atoms with van der Waals surface area (Å²) in [4.78, 5) is 7.15. The minimum absolute atomic E-state index is 0.0315. The Morgan fingerprint density at radius 1 is 0.592 bits per heavy atom. The van der Waals surface area contributed by atoms with E-state index in [-0.39, 0.29) is 89.9 Å². The maximum atomic E-state index is 7.23. The van der Waals surface area contributed by atoms with Crippen molar-refractivity contribution >= 4 is 0 Å². The van der Waals surface area contributed by atoms with E-state index in [9.17, 15) is 0 Å². The molecule has 270 valence electrons. The van der Waals surface area contributed by atoms with E-state index in [0.29, 0.717) is 6.54 Å². The Morgan fingerprint density at radius 2 is 1.08 bits per heavy atom. The number of hydrogen-bond donors (Lipinski definition) is 0. The second kappa shape index (κ2) is 13.0. The van der Waals surface area contributed by atoms with Crippen molar-refractivity contribution in [1.82, 2.24) is 0 Å². The lowest BCUT2D eigenvalue weighted by atomic mass is 9.76. The van der Waals surface area contributed by atoms with Crippen LogP contribution in [0.3, 0.4) is 0 Å². The third-order valence-corrected chi connectivity index (χ3v) is 13.9. The average molecular weight is 681 g/mol. The summed E-state index contributed by atoms with van der Waals surface area (Å²) in [6.45, 7) is 16.8. The van der Waals surface area contributed by atoms with Crippen molar-refractivity contribution in [2.24, 2.45) is 0 Å². The van der Waals surface area contributed by atoms with Crippen molar-refractivity contribution in [2.75, 3.05) is 6.54 Å². The van der Waals surface area contributed by atoms with Crippen molar-refractivity contribution in [3.05, 3.63) is 22.8 Å². The zero-order valence-electron chi connectivity index (χ0n) is 29.4. The fraction of sp³-hybridized carbons (Fsp3) is 0.949. The molecule has 49 heavy (non-hydrogen) atoms. The standard InChI is InChI=1S/C20H29NO4.C19H27NO4/c1-13(21-2)10-14-6-7-17-19(23-14)11-15(22-17)18-16(12-19)24-20(25-18)8-4-3-5-9-20;1-20-10-7-13-5-6-16-18(22-13)11-14(21-16)17-15(12-18)23-19(24-17)8-3-2-4-9-19/h13-18H,3-12H2,1H3;13-17H,2-12H2/t13-,14-,15-,16-,17+,18?,19-;13-,14-,15-,16+,17?,18-/m11/s1. The summed E-state index contributed by atoms with van der Waals surface area (Å²) in [5.41, 5.74) is -0.402. The van der Waals surface area contributed by atoms with Crippen LogP contribution in [0.1, 0.15) is 135 Å². The van der Waals surface area contributed by atoms with E-state index < -0.39 is 0 Å². The van der Waals surface area contributed by atoms with Gasteiger partial charge in [0.15, 0.2) is 11.6 Å². The number of fused-ring (bicyclic) bond motifs is 6. The number of ether oxygens (including phenoxy) is 8. The van der Waals surface area contributed by atoms with Gasteiger partial charge in [0.2, 0.25) is 12.6 Å². The molecule has 4 saturated carbocycles. The average Bonchev–Trinajstić information content (AvgIpc) is 3.82. The van der Waals surface area contributed by atoms with Crippen molar-refractivity contribution in [1.29, 1.82) is 0 Å². The van der Waals surface area contributed by atoms with Crippen LogP contribution in [-0.4, -0.2) is 96.4 Å². The number of nitrogens with zero attached hydrogens (tertiary/aromatic N) is 2. The van der Waals surface area contributed by atoms with Crippen LogP contribution < -0.4 is 0 Å². The molecule has 0 aromatic carbocycles. The van der Waals surface area contributed by atoms with Gasteiger partial charge in [-0.15, -0.1) is 0 Å². The summed E-state index contributed by atoms with van der Waals surface area (Å²) in [6.07, 6.45) is 22.3. The molecule has 0 amide bonds. The Morgan fingerprint density at radius 3 is 1.59 bits per heavy atom. The van der Waals surface area contributed by atoms with Crippen LogP contribution in [0.2, 0.25) is 0 Å². The zero-order chi connectivity index (χ0) is 33.3. The molecule has 10 rings (SSSR count). The molecule has 10 fully saturated rings. The molecule has 4 bridgehead atoms. The predicted molar refractivity (Wildman–Crippen MR) is 177 cm³/mol. The van der Waals surface area contributed by atoms with Gasteiger partial charge in [-0.3, -0.25) is 0 Å². The lowest BCUT2D eigenvalue weighted by molar-refractivity contribution is -0.216. The van der Waals surface area contributed by atoms with Gasteiger partial charge in [0, 0.05) is 71.1 Å². The van der Waals surface area contributed by atoms with Crippen LogP contribution in [0, 0.1) is 13.1 Å². The lowest BCUT2D eigenvalue weighted by Crippen LogP contribution is -2.53. The topological polar surface area (TPSA) is 82.6 Å². The molecule has 10 aliphatic rings. The highest BCUT2D eigenvalue weighted by molar-refractivity contribution is 5.14. The van der Waals surface area contributed by atoms with Crippen LogP contribution in [0.5, 0.6) is 0 Å². The zero-order valence-corrected chi connectivity index (χ0v) is 29.4. The maximum Gasteiger partial charge on any atom is 0.223 e. The Hall–Kier alpha value is -1.34. The van der Waals surface area contributed by atoms with Gasteiger partial charge in [-0.25, -0.2) is 13.1 Å². The van der Waals surface area contributed by atoms with Gasteiger partial charge in [-0.1, -0.05) is 12.8 Å². The Balaban J connectivity index is 0.000000133. The van der Waals surface area contributed by atoms with E-state index >= 15 is 0 Å². The second-order valence-corrected chi connectivity index (χ2v) is 17.2. The van der Waals surface area contributed by atoms with Gasteiger partial charge in [-0.2, -0.15) is 0 Å². The smallest absolute Gasteiger partial charge is 0.223 e. The number of hydrogen-bond acceptors (Lipinski definition) is 8. The van der Waals surface area contributed by atoms with Gasteiger partial charge in [0.1, 0.15) is 12.2 Å². The number of rotatable bonds is 4. The van der Waals surface area contributed by atoms with E-state index in [1.54, 1.807) is 0 Å². The summed E-state index contributed by atoms with van der Waals surface area (Å²) in [6, 6.07) is 0.0315. The van der Waals surface area contributed by atoms with Gasteiger partial charge < -0.3 is 47.6 Å². The van der Waals surface area contributed by atoms with Crippen LogP contribution >= 0.6 is 0 Å². The molecule has 2 unspecified atom stereocenters. The molecule has 4 aliphatic carbocycles. The summed E-state index contributed by atoms with van der Waals surface area (Å²) >= 11 is 0. The molecular weight excluding hydrogens is 624 g/mol. The molecule has 6 aliphatic heterocycles. The van der Waals surface area contributed by atoms with Crippen LogP contribution in [-0.2, 0) is 37.9 Å². The Labute approximate surface area is 292 Å². The van der Waals surface area contributed by atoms with Crippen molar-refractivity contribution in [2.45, 2.75) is 225 Å². The molecule has 4 spiro atoms.